The van der Waals surface area contributed by atoms with Gasteiger partial charge in [-0.15, -0.1) is 0 Å². The quantitative estimate of drug-likeness (QED) is 0.186. The highest BCUT2D eigenvalue weighted by Gasteiger charge is 2.18. The first kappa shape index (κ1) is 29.2. The van der Waals surface area contributed by atoms with Gasteiger partial charge in [0, 0.05) is 34.6 Å². The number of benzene rings is 5. The normalized spacial score (nSPS) is 11.1. The van der Waals surface area contributed by atoms with Crippen molar-refractivity contribution in [2.24, 2.45) is 0 Å². The molecule has 0 atom stereocenters. The summed E-state index contributed by atoms with van der Waals surface area (Å²) in [6.45, 7) is 4.23. The summed E-state index contributed by atoms with van der Waals surface area (Å²) < 4.78 is 0. The number of fused-ring (bicyclic) bond motifs is 1. The Bertz CT molecular complexity index is 2180. The van der Waals surface area contributed by atoms with E-state index >= 15 is 0 Å². The fourth-order valence-electron chi connectivity index (χ4n) is 6.11. The van der Waals surface area contributed by atoms with Crippen molar-refractivity contribution in [1.29, 1.82) is 0 Å². The van der Waals surface area contributed by atoms with Crippen LogP contribution in [0.3, 0.4) is 0 Å². The molecule has 0 amide bonds. The third-order valence-electron chi connectivity index (χ3n) is 8.77. The maximum Gasteiger partial charge on any atom is 0.0973 e. The first-order chi connectivity index (χ1) is 23.6. The third-order valence-corrected chi connectivity index (χ3v) is 8.77. The average molecular weight is 617 g/mol. The molecule has 0 saturated heterocycles. The molecule has 0 aliphatic rings. The molecular weight excluding hydrogens is 585 g/mol. The molecule has 0 spiro atoms. The largest absolute Gasteiger partial charge is 0.256 e. The Morgan fingerprint density at radius 1 is 0.354 bits per heavy atom. The highest BCUT2D eigenvalue weighted by Crippen LogP contribution is 2.38. The average Bonchev–Trinajstić information content (AvgIpc) is 3.15. The molecule has 228 valence electrons. The van der Waals surface area contributed by atoms with Gasteiger partial charge < -0.3 is 0 Å². The van der Waals surface area contributed by atoms with E-state index in [9.17, 15) is 0 Å². The monoisotopic (exact) mass is 616 g/mol. The standard InChI is InChI=1S/C44H32N4/c1-29-9-13-31(14-10-29)37-27-41-42(28-38(37)32-15-11-30(2)12-16-32)48-44(36-23-19-34(20-24-36)40-8-4-6-26-46-40)43(47-41)35-21-17-33(18-22-35)39-7-3-5-25-45-39/h3-28H,1-2H3. The van der Waals surface area contributed by atoms with Gasteiger partial charge in [0.05, 0.1) is 33.8 Å². The molecule has 0 aliphatic heterocycles. The van der Waals surface area contributed by atoms with Crippen LogP contribution in [0.1, 0.15) is 11.1 Å². The van der Waals surface area contributed by atoms with Crippen LogP contribution in [0, 0.1) is 13.8 Å². The number of aryl methyl sites for hydroxylation is 2. The zero-order chi connectivity index (χ0) is 32.5. The molecule has 3 heterocycles. The summed E-state index contributed by atoms with van der Waals surface area (Å²) in [5, 5.41) is 0. The van der Waals surface area contributed by atoms with Crippen molar-refractivity contribution in [3.05, 3.63) is 169 Å². The van der Waals surface area contributed by atoms with Gasteiger partial charge >= 0.3 is 0 Å². The van der Waals surface area contributed by atoms with E-state index in [0.717, 1.165) is 78.3 Å². The van der Waals surface area contributed by atoms with Crippen molar-refractivity contribution in [2.75, 3.05) is 0 Å². The van der Waals surface area contributed by atoms with Crippen molar-refractivity contribution >= 4 is 11.0 Å². The van der Waals surface area contributed by atoms with E-state index in [1.807, 2.05) is 48.8 Å². The lowest BCUT2D eigenvalue weighted by atomic mass is 9.92. The minimum atomic E-state index is 0.832. The third kappa shape index (κ3) is 5.76. The van der Waals surface area contributed by atoms with Gasteiger partial charge in [-0.05, 0) is 72.5 Å². The molecule has 0 aliphatic carbocycles. The smallest absolute Gasteiger partial charge is 0.0973 e. The van der Waals surface area contributed by atoms with Crippen molar-refractivity contribution < 1.29 is 0 Å². The lowest BCUT2D eigenvalue weighted by Crippen LogP contribution is -1.98. The molecule has 8 aromatic rings. The van der Waals surface area contributed by atoms with Crippen LogP contribution in [0.25, 0.3) is 78.3 Å². The Kier molecular flexibility index (Phi) is 7.60. The molecule has 0 fully saturated rings. The molecule has 5 aromatic carbocycles. The van der Waals surface area contributed by atoms with E-state index < -0.39 is 0 Å². The summed E-state index contributed by atoms with van der Waals surface area (Å²) in [6, 6.07) is 50.6. The van der Waals surface area contributed by atoms with Gasteiger partial charge in [-0.3, -0.25) is 9.97 Å². The highest BCUT2D eigenvalue weighted by molar-refractivity contribution is 5.96. The van der Waals surface area contributed by atoms with Crippen LogP contribution in [0.2, 0.25) is 0 Å². The molecule has 0 bridgehead atoms. The Balaban J connectivity index is 1.33. The highest BCUT2D eigenvalue weighted by atomic mass is 14.8. The van der Waals surface area contributed by atoms with E-state index in [2.05, 4.69) is 133 Å². The van der Waals surface area contributed by atoms with Crippen molar-refractivity contribution in [2.45, 2.75) is 13.8 Å². The van der Waals surface area contributed by atoms with Crippen LogP contribution in [-0.2, 0) is 0 Å². The second-order valence-electron chi connectivity index (χ2n) is 12.1. The van der Waals surface area contributed by atoms with Crippen LogP contribution < -0.4 is 0 Å². The molecule has 0 radical (unpaired) electrons. The van der Waals surface area contributed by atoms with E-state index in [0.29, 0.717) is 0 Å². The van der Waals surface area contributed by atoms with Gasteiger partial charge in [-0.1, -0.05) is 120 Å². The fourth-order valence-corrected chi connectivity index (χ4v) is 6.11. The number of aromatic nitrogens is 4. The van der Waals surface area contributed by atoms with Crippen molar-refractivity contribution in [3.63, 3.8) is 0 Å². The summed E-state index contributed by atoms with van der Waals surface area (Å²) in [6.07, 6.45) is 3.64. The van der Waals surface area contributed by atoms with Crippen LogP contribution in [0.4, 0.5) is 0 Å². The van der Waals surface area contributed by atoms with E-state index in [1.54, 1.807) is 0 Å². The minimum absolute atomic E-state index is 0.832. The molecule has 48 heavy (non-hydrogen) atoms. The Morgan fingerprint density at radius 2 is 0.708 bits per heavy atom. The molecule has 8 rings (SSSR count). The van der Waals surface area contributed by atoms with Crippen molar-refractivity contribution in [1.82, 2.24) is 19.9 Å². The predicted octanol–water partition coefficient (Wildman–Crippen LogP) is 11.0. The lowest BCUT2D eigenvalue weighted by Gasteiger charge is -2.16. The van der Waals surface area contributed by atoms with E-state index in [-0.39, 0.29) is 0 Å². The molecule has 0 N–H and O–H groups in total. The molecule has 3 aromatic heterocycles. The number of hydrogen-bond acceptors (Lipinski definition) is 4. The van der Waals surface area contributed by atoms with E-state index in [1.165, 1.54) is 11.1 Å². The Morgan fingerprint density at radius 3 is 1.06 bits per heavy atom. The zero-order valence-corrected chi connectivity index (χ0v) is 26.8. The van der Waals surface area contributed by atoms with Crippen molar-refractivity contribution in [3.8, 4) is 67.3 Å². The second kappa shape index (κ2) is 12.5. The molecule has 4 heteroatoms. The van der Waals surface area contributed by atoms with Gasteiger partial charge in [0.25, 0.3) is 0 Å². The molecule has 4 nitrogen and oxygen atoms in total. The van der Waals surface area contributed by atoms with Crippen LogP contribution >= 0.6 is 0 Å². The predicted molar refractivity (Wildman–Crippen MR) is 197 cm³/mol. The summed E-state index contributed by atoms with van der Waals surface area (Å²) in [5.74, 6) is 0. The topological polar surface area (TPSA) is 51.6 Å². The van der Waals surface area contributed by atoms with E-state index in [4.69, 9.17) is 9.97 Å². The molecule has 0 saturated carbocycles. The number of rotatable bonds is 6. The first-order valence-corrected chi connectivity index (χ1v) is 16.1. The number of pyridine rings is 2. The minimum Gasteiger partial charge on any atom is -0.256 e. The van der Waals surface area contributed by atoms with Crippen LogP contribution in [0.5, 0.6) is 0 Å². The summed E-state index contributed by atoms with van der Waals surface area (Å²) >= 11 is 0. The van der Waals surface area contributed by atoms with Gasteiger partial charge in [0.2, 0.25) is 0 Å². The van der Waals surface area contributed by atoms with Gasteiger partial charge in [0.1, 0.15) is 0 Å². The van der Waals surface area contributed by atoms with Gasteiger partial charge in [0.15, 0.2) is 0 Å². The second-order valence-corrected chi connectivity index (χ2v) is 12.1. The SMILES string of the molecule is Cc1ccc(-c2cc3nc(-c4ccc(-c5ccccn5)cc4)c(-c4ccc(-c5ccccn5)cc4)nc3cc2-c2ccc(C)cc2)cc1. The fraction of sp³-hybridized carbons (Fsp3) is 0.0455. The summed E-state index contributed by atoms with van der Waals surface area (Å²) in [7, 11) is 0. The molecule has 0 unspecified atom stereocenters. The Hall–Kier alpha value is -6.26. The Labute approximate surface area is 280 Å². The first-order valence-electron chi connectivity index (χ1n) is 16.1. The maximum atomic E-state index is 5.37. The summed E-state index contributed by atoms with van der Waals surface area (Å²) in [4.78, 5) is 19.8. The number of hydrogen-bond donors (Lipinski definition) is 0. The van der Waals surface area contributed by atoms with Crippen LogP contribution in [-0.4, -0.2) is 19.9 Å². The van der Waals surface area contributed by atoms with Gasteiger partial charge in [-0.25, -0.2) is 9.97 Å². The zero-order valence-electron chi connectivity index (χ0n) is 26.8. The van der Waals surface area contributed by atoms with Gasteiger partial charge in [-0.2, -0.15) is 0 Å². The summed E-state index contributed by atoms with van der Waals surface area (Å²) in [5.41, 5.74) is 16.3. The lowest BCUT2D eigenvalue weighted by molar-refractivity contribution is 1.29. The van der Waals surface area contributed by atoms with Crippen LogP contribution in [0.15, 0.2) is 158 Å². The molecular formula is C44H32N4. The maximum absolute atomic E-state index is 5.37. The number of nitrogens with zero attached hydrogens (tertiary/aromatic N) is 4.